The molecule has 1 aliphatic rings. The van der Waals surface area contributed by atoms with E-state index in [-0.39, 0.29) is 12.5 Å². The Kier molecular flexibility index (Phi) is 7.44. The number of carboxylic acid groups (broad SMARTS) is 1. The molecule has 0 radical (unpaired) electrons. The van der Waals surface area contributed by atoms with Gasteiger partial charge in [0.15, 0.2) is 6.61 Å². The number of aliphatic hydroxyl groups is 1. The van der Waals surface area contributed by atoms with E-state index < -0.39 is 24.8 Å². The van der Waals surface area contributed by atoms with Crippen molar-refractivity contribution >= 4 is 23.4 Å². The molecule has 176 valence electrons. The van der Waals surface area contributed by atoms with Crippen molar-refractivity contribution in [2.45, 2.75) is 31.3 Å². The normalized spacial score (nSPS) is 16.9. The Morgan fingerprint density at radius 2 is 1.56 bits per heavy atom. The van der Waals surface area contributed by atoms with Crippen LogP contribution < -0.4 is 9.64 Å². The number of anilines is 2. The zero-order valence-corrected chi connectivity index (χ0v) is 18.7. The maximum absolute atomic E-state index is 13.1. The van der Waals surface area contributed by atoms with Crippen LogP contribution in [0.15, 0.2) is 78.9 Å². The lowest BCUT2D eigenvalue weighted by Crippen LogP contribution is -2.30. The van der Waals surface area contributed by atoms with Gasteiger partial charge in [-0.2, -0.15) is 0 Å². The third-order valence-corrected chi connectivity index (χ3v) is 5.94. The number of carbonyl (C=O) groups is 2. The van der Waals surface area contributed by atoms with Crippen LogP contribution in [0.2, 0.25) is 0 Å². The quantitative estimate of drug-likeness (QED) is 0.495. The van der Waals surface area contributed by atoms with Gasteiger partial charge >= 0.3 is 12.1 Å². The molecule has 0 unspecified atom stereocenters. The van der Waals surface area contributed by atoms with E-state index in [0.29, 0.717) is 36.4 Å². The number of nitrogens with zero attached hydrogens (tertiary/aromatic N) is 1. The summed E-state index contributed by atoms with van der Waals surface area (Å²) in [6.07, 6.45) is 0.471. The molecule has 4 rings (SSSR count). The molecular weight excluding hydrogens is 434 g/mol. The summed E-state index contributed by atoms with van der Waals surface area (Å²) in [6.45, 7) is -0.299. The number of carboxylic acids is 1. The van der Waals surface area contributed by atoms with E-state index in [2.05, 4.69) is 0 Å². The van der Waals surface area contributed by atoms with Gasteiger partial charge < -0.3 is 19.7 Å². The molecule has 7 nitrogen and oxygen atoms in total. The highest BCUT2D eigenvalue weighted by atomic mass is 16.6. The SMILES string of the molecule is O=C(O)COc1cccc2c1CC[C@H](O)[C@@H]2CCOC(=O)N(c1ccccc1)c1ccccc1. The molecule has 0 saturated heterocycles. The van der Waals surface area contributed by atoms with Crippen molar-refractivity contribution in [3.63, 3.8) is 0 Å². The number of hydrogen-bond acceptors (Lipinski definition) is 5. The number of aliphatic hydroxyl groups excluding tert-OH is 1. The second-order valence-corrected chi connectivity index (χ2v) is 8.13. The molecule has 7 heteroatoms. The molecule has 1 amide bonds. The summed E-state index contributed by atoms with van der Waals surface area (Å²) >= 11 is 0. The smallest absolute Gasteiger partial charge is 0.418 e. The fourth-order valence-electron chi connectivity index (χ4n) is 4.37. The number of benzene rings is 3. The Morgan fingerprint density at radius 1 is 0.912 bits per heavy atom. The molecule has 2 N–H and O–H groups in total. The first-order chi connectivity index (χ1) is 16.5. The minimum Gasteiger partial charge on any atom is -0.482 e. The summed E-state index contributed by atoms with van der Waals surface area (Å²) < 4.78 is 11.1. The molecule has 1 aliphatic carbocycles. The molecule has 0 heterocycles. The summed E-state index contributed by atoms with van der Waals surface area (Å²) in [5, 5.41) is 19.6. The van der Waals surface area contributed by atoms with Gasteiger partial charge in [0.2, 0.25) is 0 Å². The molecule has 0 spiro atoms. The minimum atomic E-state index is -1.04. The Morgan fingerprint density at radius 3 is 2.18 bits per heavy atom. The van der Waals surface area contributed by atoms with Crippen molar-refractivity contribution in [2.75, 3.05) is 18.1 Å². The van der Waals surface area contributed by atoms with Crippen molar-refractivity contribution < 1.29 is 29.3 Å². The number of aliphatic carboxylic acids is 1. The summed E-state index contributed by atoms with van der Waals surface area (Å²) in [5.74, 6) is -0.766. The first kappa shape index (κ1) is 23.3. The van der Waals surface area contributed by atoms with Crippen LogP contribution in [0.5, 0.6) is 5.75 Å². The molecule has 0 bridgehead atoms. The molecule has 2 atom stereocenters. The van der Waals surface area contributed by atoms with Crippen LogP contribution >= 0.6 is 0 Å². The number of amides is 1. The molecule has 0 aliphatic heterocycles. The number of carbonyl (C=O) groups excluding carboxylic acids is 1. The van der Waals surface area contributed by atoms with Gasteiger partial charge in [-0.15, -0.1) is 0 Å². The Balaban J connectivity index is 1.47. The predicted octanol–water partition coefficient (Wildman–Crippen LogP) is 4.91. The third-order valence-electron chi connectivity index (χ3n) is 5.94. The average Bonchev–Trinajstić information content (AvgIpc) is 2.85. The van der Waals surface area contributed by atoms with Crippen LogP contribution in [0.1, 0.15) is 29.9 Å². The van der Waals surface area contributed by atoms with E-state index in [1.54, 1.807) is 12.1 Å². The van der Waals surface area contributed by atoms with Gasteiger partial charge in [-0.25, -0.2) is 14.5 Å². The topological polar surface area (TPSA) is 96.3 Å². The summed E-state index contributed by atoms with van der Waals surface area (Å²) in [5.41, 5.74) is 3.20. The molecule has 3 aromatic rings. The maximum Gasteiger partial charge on any atom is 0.418 e. The molecule has 0 saturated carbocycles. The Bertz CT molecular complexity index is 1080. The molecule has 0 aromatic heterocycles. The second-order valence-electron chi connectivity index (χ2n) is 8.13. The maximum atomic E-state index is 13.1. The molecule has 0 fully saturated rings. The van der Waals surface area contributed by atoms with Gasteiger partial charge in [-0.1, -0.05) is 48.5 Å². The number of hydrogen-bond donors (Lipinski definition) is 2. The fraction of sp³-hybridized carbons (Fsp3) is 0.259. The van der Waals surface area contributed by atoms with E-state index >= 15 is 0 Å². The van der Waals surface area contributed by atoms with E-state index in [1.165, 1.54) is 4.90 Å². The van der Waals surface area contributed by atoms with Crippen LogP contribution in [0, 0.1) is 0 Å². The summed E-state index contributed by atoms with van der Waals surface area (Å²) in [6, 6.07) is 24.0. The zero-order valence-electron chi connectivity index (χ0n) is 18.7. The number of ether oxygens (including phenoxy) is 2. The number of para-hydroxylation sites is 2. The minimum absolute atomic E-state index is 0.121. The van der Waals surface area contributed by atoms with E-state index in [0.717, 1.165) is 11.1 Å². The van der Waals surface area contributed by atoms with Gasteiger partial charge in [-0.05, 0) is 60.7 Å². The second kappa shape index (κ2) is 10.9. The first-order valence-corrected chi connectivity index (χ1v) is 11.3. The van der Waals surface area contributed by atoms with Crippen molar-refractivity contribution in [3.8, 4) is 5.75 Å². The van der Waals surface area contributed by atoms with Crippen LogP contribution in [-0.4, -0.2) is 41.6 Å². The summed E-state index contributed by atoms with van der Waals surface area (Å²) in [7, 11) is 0. The van der Waals surface area contributed by atoms with Gasteiger partial charge in [-0.3, -0.25) is 0 Å². The van der Waals surface area contributed by atoms with E-state index in [4.69, 9.17) is 14.6 Å². The van der Waals surface area contributed by atoms with Crippen LogP contribution in [0.4, 0.5) is 16.2 Å². The molecular formula is C27H27NO6. The first-order valence-electron chi connectivity index (χ1n) is 11.3. The van der Waals surface area contributed by atoms with Gasteiger partial charge in [0.05, 0.1) is 24.1 Å². The Labute approximate surface area is 198 Å². The highest BCUT2D eigenvalue weighted by Gasteiger charge is 2.30. The third kappa shape index (κ3) is 5.38. The summed E-state index contributed by atoms with van der Waals surface area (Å²) in [4.78, 5) is 25.5. The monoisotopic (exact) mass is 461 g/mol. The van der Waals surface area contributed by atoms with Gasteiger partial charge in [0.1, 0.15) is 5.75 Å². The van der Waals surface area contributed by atoms with Crippen LogP contribution in [0.3, 0.4) is 0 Å². The highest BCUT2D eigenvalue weighted by molar-refractivity contribution is 5.95. The largest absolute Gasteiger partial charge is 0.482 e. The fourth-order valence-corrected chi connectivity index (χ4v) is 4.37. The van der Waals surface area contributed by atoms with Crippen molar-refractivity contribution in [1.29, 1.82) is 0 Å². The van der Waals surface area contributed by atoms with Crippen molar-refractivity contribution in [1.82, 2.24) is 0 Å². The van der Waals surface area contributed by atoms with Crippen LogP contribution in [0.25, 0.3) is 0 Å². The Hall–Kier alpha value is -3.84. The van der Waals surface area contributed by atoms with Gasteiger partial charge in [0.25, 0.3) is 0 Å². The molecule has 34 heavy (non-hydrogen) atoms. The van der Waals surface area contributed by atoms with Gasteiger partial charge in [0, 0.05) is 5.92 Å². The molecule has 3 aromatic carbocycles. The highest BCUT2D eigenvalue weighted by Crippen LogP contribution is 2.39. The lowest BCUT2D eigenvalue weighted by Gasteiger charge is -2.31. The average molecular weight is 462 g/mol. The lowest BCUT2D eigenvalue weighted by atomic mass is 9.79. The van der Waals surface area contributed by atoms with Crippen molar-refractivity contribution in [2.24, 2.45) is 0 Å². The number of fused-ring (bicyclic) bond motifs is 1. The standard InChI is InChI=1S/C27H27NO6/c29-24-15-14-23-21(12-7-13-25(23)34-18-26(30)31)22(24)16-17-33-27(32)28(19-8-3-1-4-9-19)20-10-5-2-6-11-20/h1-13,22,24,29H,14-18H2,(H,30,31)/t22-,24+/m1/s1. The van der Waals surface area contributed by atoms with E-state index in [1.807, 2.05) is 66.7 Å². The lowest BCUT2D eigenvalue weighted by molar-refractivity contribution is -0.139. The number of rotatable bonds is 8. The van der Waals surface area contributed by atoms with E-state index in [9.17, 15) is 14.7 Å². The predicted molar refractivity (Wildman–Crippen MR) is 128 cm³/mol. The van der Waals surface area contributed by atoms with Crippen molar-refractivity contribution in [3.05, 3.63) is 90.0 Å². The zero-order chi connectivity index (χ0) is 23.9. The van der Waals surface area contributed by atoms with Crippen LogP contribution in [-0.2, 0) is 16.0 Å².